The summed E-state index contributed by atoms with van der Waals surface area (Å²) in [7, 11) is 0. The molecular weight excluding hydrogens is 218 g/mol. The van der Waals surface area contributed by atoms with E-state index >= 15 is 0 Å². The first-order chi connectivity index (χ1) is 8.22. The normalized spacial score (nSPS) is 10.4. The predicted octanol–water partition coefficient (Wildman–Crippen LogP) is 1.30. The Labute approximate surface area is 98.3 Å². The molecular formula is C12H13N3O2. The van der Waals surface area contributed by atoms with Crippen LogP contribution in [0.2, 0.25) is 0 Å². The Hall–Kier alpha value is -2.14. The smallest absolute Gasteiger partial charge is 0.354 e. The Morgan fingerprint density at radius 1 is 1.41 bits per heavy atom. The van der Waals surface area contributed by atoms with Gasteiger partial charge in [-0.1, -0.05) is 24.3 Å². The molecule has 0 aliphatic heterocycles. The third kappa shape index (κ3) is 2.34. The van der Waals surface area contributed by atoms with Crippen LogP contribution in [0.5, 0.6) is 0 Å². The summed E-state index contributed by atoms with van der Waals surface area (Å²) in [5, 5.41) is 13.8. The maximum Gasteiger partial charge on any atom is 0.354 e. The number of rotatable bonds is 4. The van der Waals surface area contributed by atoms with E-state index in [1.807, 2.05) is 24.3 Å². The highest BCUT2D eigenvalue weighted by atomic mass is 16.4. The number of nitrogens with two attached hydrogens (primary N) is 1. The van der Waals surface area contributed by atoms with Crippen molar-refractivity contribution >= 4 is 22.6 Å². The Morgan fingerprint density at radius 2 is 2.18 bits per heavy atom. The van der Waals surface area contributed by atoms with Gasteiger partial charge in [0.25, 0.3) is 0 Å². The largest absolute Gasteiger partial charge is 0.477 e. The summed E-state index contributed by atoms with van der Waals surface area (Å²) in [4.78, 5) is 15.0. The van der Waals surface area contributed by atoms with E-state index in [2.05, 4.69) is 10.3 Å². The summed E-state index contributed by atoms with van der Waals surface area (Å²) in [6, 6.07) is 9.06. The molecule has 0 bridgehead atoms. The SMILES string of the molecule is NCCNc1nc(C(=O)O)cc2ccccc12. The average molecular weight is 231 g/mol. The molecule has 0 unspecified atom stereocenters. The zero-order chi connectivity index (χ0) is 12.3. The Morgan fingerprint density at radius 3 is 2.88 bits per heavy atom. The van der Waals surface area contributed by atoms with Crippen molar-refractivity contribution < 1.29 is 9.90 Å². The number of benzene rings is 1. The molecule has 0 amide bonds. The van der Waals surface area contributed by atoms with Gasteiger partial charge in [-0.25, -0.2) is 9.78 Å². The highest BCUT2D eigenvalue weighted by Crippen LogP contribution is 2.22. The number of aromatic nitrogens is 1. The maximum atomic E-state index is 11.0. The second-order valence-corrected chi connectivity index (χ2v) is 3.60. The van der Waals surface area contributed by atoms with Crippen molar-refractivity contribution in [2.45, 2.75) is 0 Å². The van der Waals surface area contributed by atoms with Crippen molar-refractivity contribution in [3.05, 3.63) is 36.0 Å². The molecule has 5 nitrogen and oxygen atoms in total. The molecule has 1 aromatic carbocycles. The molecule has 0 saturated carbocycles. The molecule has 4 N–H and O–H groups in total. The number of pyridine rings is 1. The highest BCUT2D eigenvalue weighted by Gasteiger charge is 2.09. The van der Waals surface area contributed by atoms with Crippen LogP contribution in [-0.2, 0) is 0 Å². The van der Waals surface area contributed by atoms with Crippen LogP contribution in [0.3, 0.4) is 0 Å². The van der Waals surface area contributed by atoms with Gasteiger partial charge in [0.15, 0.2) is 5.69 Å². The molecule has 0 atom stereocenters. The van der Waals surface area contributed by atoms with E-state index in [9.17, 15) is 4.79 Å². The number of anilines is 1. The lowest BCUT2D eigenvalue weighted by Gasteiger charge is -2.09. The zero-order valence-corrected chi connectivity index (χ0v) is 9.18. The molecule has 1 heterocycles. The summed E-state index contributed by atoms with van der Waals surface area (Å²) in [5.74, 6) is -0.475. The van der Waals surface area contributed by atoms with Gasteiger partial charge < -0.3 is 16.2 Å². The number of fused-ring (bicyclic) bond motifs is 1. The third-order valence-corrected chi connectivity index (χ3v) is 2.40. The number of aromatic carboxylic acids is 1. The van der Waals surface area contributed by atoms with Gasteiger partial charge in [0.05, 0.1) is 0 Å². The molecule has 0 aliphatic rings. The van der Waals surface area contributed by atoms with Gasteiger partial charge in [-0.3, -0.25) is 0 Å². The second kappa shape index (κ2) is 4.80. The first-order valence-electron chi connectivity index (χ1n) is 5.29. The molecule has 0 saturated heterocycles. The van der Waals surface area contributed by atoms with Crippen LogP contribution in [0.15, 0.2) is 30.3 Å². The van der Waals surface area contributed by atoms with Gasteiger partial charge >= 0.3 is 5.97 Å². The minimum Gasteiger partial charge on any atom is -0.477 e. The summed E-state index contributed by atoms with van der Waals surface area (Å²) in [5.41, 5.74) is 5.44. The van der Waals surface area contributed by atoms with Gasteiger partial charge in [0.2, 0.25) is 0 Å². The summed E-state index contributed by atoms with van der Waals surface area (Å²) < 4.78 is 0. The molecule has 0 fully saturated rings. The van der Waals surface area contributed by atoms with Crippen LogP contribution < -0.4 is 11.1 Å². The number of hydrogen-bond donors (Lipinski definition) is 3. The fraction of sp³-hybridized carbons (Fsp3) is 0.167. The summed E-state index contributed by atoms with van der Waals surface area (Å²) in [6.45, 7) is 1.02. The molecule has 5 heteroatoms. The van der Waals surface area contributed by atoms with Gasteiger partial charge in [-0.15, -0.1) is 0 Å². The molecule has 0 spiro atoms. The van der Waals surface area contributed by atoms with Crippen molar-refractivity contribution in [2.75, 3.05) is 18.4 Å². The number of carboxylic acid groups (broad SMARTS) is 1. The average Bonchev–Trinajstić information content (AvgIpc) is 2.35. The lowest BCUT2D eigenvalue weighted by Crippen LogP contribution is -2.15. The van der Waals surface area contributed by atoms with Crippen LogP contribution in [-0.4, -0.2) is 29.1 Å². The minimum absolute atomic E-state index is 0.0308. The van der Waals surface area contributed by atoms with Crippen LogP contribution in [0, 0.1) is 0 Å². The van der Waals surface area contributed by atoms with Crippen molar-refractivity contribution in [3.63, 3.8) is 0 Å². The van der Waals surface area contributed by atoms with Crippen LogP contribution in [0.1, 0.15) is 10.5 Å². The van der Waals surface area contributed by atoms with Gasteiger partial charge in [-0.2, -0.15) is 0 Å². The highest BCUT2D eigenvalue weighted by molar-refractivity contribution is 5.97. The van der Waals surface area contributed by atoms with Crippen molar-refractivity contribution in [1.29, 1.82) is 0 Å². The van der Waals surface area contributed by atoms with E-state index in [1.54, 1.807) is 6.07 Å². The lowest BCUT2D eigenvalue weighted by atomic mass is 10.1. The van der Waals surface area contributed by atoms with Crippen molar-refractivity contribution in [1.82, 2.24) is 4.98 Å². The van der Waals surface area contributed by atoms with E-state index in [4.69, 9.17) is 10.8 Å². The Balaban J connectivity index is 2.56. The fourth-order valence-electron chi connectivity index (χ4n) is 1.63. The van der Waals surface area contributed by atoms with Gasteiger partial charge in [0.1, 0.15) is 5.82 Å². The first kappa shape index (κ1) is 11.3. The maximum absolute atomic E-state index is 11.0. The van der Waals surface area contributed by atoms with E-state index in [0.29, 0.717) is 18.9 Å². The van der Waals surface area contributed by atoms with Crippen LogP contribution in [0.25, 0.3) is 10.8 Å². The van der Waals surface area contributed by atoms with E-state index in [1.165, 1.54) is 0 Å². The van der Waals surface area contributed by atoms with Crippen molar-refractivity contribution in [3.8, 4) is 0 Å². The molecule has 0 aliphatic carbocycles. The van der Waals surface area contributed by atoms with Gasteiger partial charge in [0, 0.05) is 18.5 Å². The number of hydrogen-bond acceptors (Lipinski definition) is 4. The number of carboxylic acids is 1. The Kier molecular flexibility index (Phi) is 3.20. The standard InChI is InChI=1S/C12H13N3O2/c13-5-6-14-11-9-4-2-1-3-8(9)7-10(15-11)12(16)17/h1-4,7H,5-6,13H2,(H,14,15)(H,16,17). The Bertz CT molecular complexity index is 554. The monoisotopic (exact) mass is 231 g/mol. The number of nitrogens with zero attached hydrogens (tertiary/aromatic N) is 1. The second-order valence-electron chi connectivity index (χ2n) is 3.60. The molecule has 2 aromatic rings. The van der Waals surface area contributed by atoms with Crippen molar-refractivity contribution in [2.24, 2.45) is 5.73 Å². The molecule has 17 heavy (non-hydrogen) atoms. The van der Waals surface area contributed by atoms with Crippen LogP contribution in [0.4, 0.5) is 5.82 Å². The minimum atomic E-state index is -1.04. The molecule has 2 rings (SSSR count). The molecule has 88 valence electrons. The predicted molar refractivity (Wildman–Crippen MR) is 66.2 cm³/mol. The topological polar surface area (TPSA) is 88.2 Å². The van der Waals surface area contributed by atoms with Crippen LogP contribution >= 0.6 is 0 Å². The fourth-order valence-corrected chi connectivity index (χ4v) is 1.63. The van der Waals surface area contributed by atoms with E-state index < -0.39 is 5.97 Å². The molecule has 0 radical (unpaired) electrons. The van der Waals surface area contributed by atoms with E-state index in [-0.39, 0.29) is 5.69 Å². The molecule has 1 aromatic heterocycles. The van der Waals surface area contributed by atoms with Gasteiger partial charge in [-0.05, 0) is 11.5 Å². The van der Waals surface area contributed by atoms with E-state index in [0.717, 1.165) is 10.8 Å². The number of carbonyl (C=O) groups is 1. The summed E-state index contributed by atoms with van der Waals surface area (Å²) in [6.07, 6.45) is 0. The lowest BCUT2D eigenvalue weighted by molar-refractivity contribution is 0.0691. The third-order valence-electron chi connectivity index (χ3n) is 2.40. The quantitative estimate of drug-likeness (QED) is 0.738. The first-order valence-corrected chi connectivity index (χ1v) is 5.29. The summed E-state index contributed by atoms with van der Waals surface area (Å²) >= 11 is 0. The number of nitrogens with one attached hydrogen (secondary N) is 1. The zero-order valence-electron chi connectivity index (χ0n) is 9.18.